The highest BCUT2D eigenvalue weighted by Gasteiger charge is 2.30. The van der Waals surface area contributed by atoms with Crippen molar-refractivity contribution in [3.8, 4) is 22.5 Å². The molecule has 0 saturated heterocycles. The summed E-state index contributed by atoms with van der Waals surface area (Å²) >= 11 is 0. The van der Waals surface area contributed by atoms with E-state index in [0.717, 1.165) is 12.8 Å². The van der Waals surface area contributed by atoms with Crippen LogP contribution < -0.4 is 4.68 Å². The molecule has 2 heteroatoms. The SMILES string of the molecule is CCCc1ccccc1-c1c(C(C)C)c(-c2ccccc2)[n+](C)n1C. The highest BCUT2D eigenvalue weighted by Crippen LogP contribution is 2.37. The van der Waals surface area contributed by atoms with Crippen molar-refractivity contribution in [2.45, 2.75) is 39.5 Å². The molecule has 0 aliphatic carbocycles. The van der Waals surface area contributed by atoms with Gasteiger partial charge >= 0.3 is 0 Å². The first-order chi connectivity index (χ1) is 12.1. The van der Waals surface area contributed by atoms with Crippen LogP contribution in [0.2, 0.25) is 0 Å². The summed E-state index contributed by atoms with van der Waals surface area (Å²) < 4.78 is 4.61. The Labute approximate surface area is 151 Å². The minimum absolute atomic E-state index is 0.451. The Morgan fingerprint density at radius 1 is 0.960 bits per heavy atom. The molecule has 0 fully saturated rings. The van der Waals surface area contributed by atoms with Crippen LogP contribution in [0.5, 0.6) is 0 Å². The van der Waals surface area contributed by atoms with Gasteiger partial charge in [-0.3, -0.25) is 0 Å². The zero-order chi connectivity index (χ0) is 18.0. The average Bonchev–Trinajstić information content (AvgIpc) is 2.88. The maximum absolute atomic E-state index is 2.31. The molecular weight excluding hydrogens is 304 g/mol. The fourth-order valence-corrected chi connectivity index (χ4v) is 3.80. The molecule has 0 aliphatic rings. The Morgan fingerprint density at radius 2 is 1.60 bits per heavy atom. The summed E-state index contributed by atoms with van der Waals surface area (Å²) in [5.74, 6) is 0.451. The van der Waals surface area contributed by atoms with Crippen molar-refractivity contribution in [2.24, 2.45) is 14.1 Å². The first kappa shape index (κ1) is 17.5. The standard InChI is InChI=1S/C23H29N2/c1-6-12-18-13-10-11-16-20(18)23-21(17(2)3)22(24(4)25(23)5)19-14-8-7-9-15-19/h7-11,13-17H,6,12H2,1-5H3/q+1. The summed E-state index contributed by atoms with van der Waals surface area (Å²) in [6.45, 7) is 6.85. The molecule has 130 valence electrons. The van der Waals surface area contributed by atoms with Crippen LogP contribution in [-0.4, -0.2) is 4.68 Å². The number of hydrogen-bond acceptors (Lipinski definition) is 0. The van der Waals surface area contributed by atoms with Gasteiger partial charge in [0.2, 0.25) is 5.69 Å². The smallest absolute Gasteiger partial charge is 0.155 e. The lowest BCUT2D eigenvalue weighted by atomic mass is 9.91. The molecule has 0 aliphatic heterocycles. The number of hydrogen-bond donors (Lipinski definition) is 0. The Balaban J connectivity index is 2.33. The number of aromatic nitrogens is 2. The molecule has 3 rings (SSSR count). The molecule has 0 amide bonds. The molecule has 1 heterocycles. The first-order valence-electron chi connectivity index (χ1n) is 9.28. The molecule has 0 unspecified atom stereocenters. The van der Waals surface area contributed by atoms with Gasteiger partial charge in [0.1, 0.15) is 5.69 Å². The van der Waals surface area contributed by atoms with Gasteiger partial charge in [0, 0.05) is 11.1 Å². The lowest BCUT2D eigenvalue weighted by Gasteiger charge is -2.11. The highest BCUT2D eigenvalue weighted by atomic mass is 15.4. The molecule has 0 saturated carbocycles. The molecule has 25 heavy (non-hydrogen) atoms. The third kappa shape index (κ3) is 3.13. The van der Waals surface area contributed by atoms with Crippen LogP contribution in [-0.2, 0) is 20.5 Å². The van der Waals surface area contributed by atoms with Gasteiger partial charge in [-0.15, -0.1) is 4.68 Å². The fraction of sp³-hybridized carbons (Fsp3) is 0.348. The maximum Gasteiger partial charge on any atom is 0.242 e. The van der Waals surface area contributed by atoms with Crippen LogP contribution in [0.1, 0.15) is 44.2 Å². The minimum atomic E-state index is 0.451. The summed E-state index contributed by atoms with van der Waals surface area (Å²) in [7, 11) is 4.34. The largest absolute Gasteiger partial charge is 0.242 e. The Hall–Kier alpha value is -2.35. The Bertz CT molecular complexity index is 857. The molecule has 3 aromatic rings. The quantitative estimate of drug-likeness (QED) is 0.563. The van der Waals surface area contributed by atoms with E-state index in [1.165, 1.54) is 33.6 Å². The molecule has 0 N–H and O–H groups in total. The van der Waals surface area contributed by atoms with E-state index in [9.17, 15) is 0 Å². The topological polar surface area (TPSA) is 8.81 Å². The summed E-state index contributed by atoms with van der Waals surface area (Å²) in [6.07, 6.45) is 2.28. The number of aryl methyl sites for hydroxylation is 1. The molecule has 1 aromatic heterocycles. The Kier molecular flexibility index (Phi) is 5.08. The van der Waals surface area contributed by atoms with Crippen LogP contribution in [0, 0.1) is 0 Å². The van der Waals surface area contributed by atoms with Crippen molar-refractivity contribution in [3.63, 3.8) is 0 Å². The van der Waals surface area contributed by atoms with Gasteiger partial charge in [0.25, 0.3) is 0 Å². The van der Waals surface area contributed by atoms with Crippen LogP contribution >= 0.6 is 0 Å². The molecule has 0 spiro atoms. The second kappa shape index (κ2) is 7.26. The van der Waals surface area contributed by atoms with Crippen LogP contribution in [0.15, 0.2) is 54.6 Å². The second-order valence-corrected chi connectivity index (χ2v) is 7.09. The Morgan fingerprint density at radius 3 is 2.24 bits per heavy atom. The van der Waals surface area contributed by atoms with Gasteiger partial charge in [-0.25, -0.2) is 0 Å². The lowest BCUT2D eigenvalue weighted by Crippen LogP contribution is -2.39. The van der Waals surface area contributed by atoms with Gasteiger partial charge in [-0.1, -0.05) is 69.7 Å². The molecular formula is C23H29N2+. The summed E-state index contributed by atoms with van der Waals surface area (Å²) in [5, 5.41) is 0. The zero-order valence-corrected chi connectivity index (χ0v) is 16.1. The van der Waals surface area contributed by atoms with Crippen LogP contribution in [0.4, 0.5) is 0 Å². The molecule has 2 nitrogen and oxygen atoms in total. The zero-order valence-electron chi connectivity index (χ0n) is 16.1. The number of benzene rings is 2. The van der Waals surface area contributed by atoms with Crippen molar-refractivity contribution >= 4 is 0 Å². The highest BCUT2D eigenvalue weighted by molar-refractivity contribution is 5.75. The number of rotatable bonds is 5. The molecule has 0 radical (unpaired) electrons. The van der Waals surface area contributed by atoms with Crippen molar-refractivity contribution in [2.75, 3.05) is 0 Å². The van der Waals surface area contributed by atoms with Crippen molar-refractivity contribution in [1.29, 1.82) is 0 Å². The third-order valence-corrected chi connectivity index (χ3v) is 5.02. The van der Waals surface area contributed by atoms with E-state index < -0.39 is 0 Å². The predicted molar refractivity (Wildman–Crippen MR) is 106 cm³/mol. The normalized spacial score (nSPS) is 11.3. The van der Waals surface area contributed by atoms with E-state index in [4.69, 9.17) is 0 Å². The van der Waals surface area contributed by atoms with E-state index in [1.807, 2.05) is 0 Å². The van der Waals surface area contributed by atoms with E-state index in [-0.39, 0.29) is 0 Å². The lowest BCUT2D eigenvalue weighted by molar-refractivity contribution is -0.740. The fourth-order valence-electron chi connectivity index (χ4n) is 3.80. The molecule has 0 atom stereocenters. The first-order valence-corrected chi connectivity index (χ1v) is 9.28. The van der Waals surface area contributed by atoms with E-state index in [2.05, 4.69) is 98.8 Å². The van der Waals surface area contributed by atoms with Crippen LogP contribution in [0.3, 0.4) is 0 Å². The van der Waals surface area contributed by atoms with Gasteiger partial charge in [0.05, 0.1) is 12.6 Å². The van der Waals surface area contributed by atoms with E-state index in [1.54, 1.807) is 0 Å². The molecule has 0 bridgehead atoms. The monoisotopic (exact) mass is 333 g/mol. The second-order valence-electron chi connectivity index (χ2n) is 7.09. The summed E-state index contributed by atoms with van der Waals surface area (Å²) in [6, 6.07) is 19.6. The van der Waals surface area contributed by atoms with E-state index >= 15 is 0 Å². The number of nitrogens with zero attached hydrogens (tertiary/aromatic N) is 2. The van der Waals surface area contributed by atoms with Crippen molar-refractivity contribution in [1.82, 2.24) is 4.68 Å². The summed E-state index contributed by atoms with van der Waals surface area (Å²) in [5.41, 5.74) is 8.18. The minimum Gasteiger partial charge on any atom is -0.155 e. The predicted octanol–water partition coefficient (Wildman–Crippen LogP) is 5.26. The van der Waals surface area contributed by atoms with Gasteiger partial charge in [-0.2, -0.15) is 4.68 Å². The molecule has 2 aromatic carbocycles. The van der Waals surface area contributed by atoms with Crippen LogP contribution in [0.25, 0.3) is 22.5 Å². The maximum atomic E-state index is 2.31. The van der Waals surface area contributed by atoms with Crippen molar-refractivity contribution in [3.05, 3.63) is 65.7 Å². The van der Waals surface area contributed by atoms with E-state index in [0.29, 0.717) is 5.92 Å². The van der Waals surface area contributed by atoms with Crippen molar-refractivity contribution < 1.29 is 4.68 Å². The van der Waals surface area contributed by atoms with Gasteiger partial charge < -0.3 is 0 Å². The third-order valence-electron chi connectivity index (χ3n) is 5.02. The van der Waals surface area contributed by atoms with Gasteiger partial charge in [-0.05, 0) is 30.0 Å². The summed E-state index contributed by atoms with van der Waals surface area (Å²) in [4.78, 5) is 0. The average molecular weight is 333 g/mol. The van der Waals surface area contributed by atoms with Gasteiger partial charge in [0.15, 0.2) is 7.05 Å².